The van der Waals surface area contributed by atoms with E-state index >= 15 is 0 Å². The van der Waals surface area contributed by atoms with Gasteiger partial charge in [-0.05, 0) is 75.7 Å². The Balaban J connectivity index is 1.79. The number of nitrogens with zero attached hydrogens (tertiary/aromatic N) is 3. The van der Waals surface area contributed by atoms with Crippen molar-refractivity contribution in [2.24, 2.45) is 5.92 Å². The molecule has 0 unspecified atom stereocenters. The van der Waals surface area contributed by atoms with Crippen LogP contribution in [-0.4, -0.2) is 34.6 Å². The van der Waals surface area contributed by atoms with Crippen LogP contribution >= 0.6 is 12.2 Å². The van der Waals surface area contributed by atoms with Gasteiger partial charge < -0.3 is 14.5 Å². The molecular weight excluding hydrogens is 280 g/mol. The second kappa shape index (κ2) is 6.00. The minimum absolute atomic E-state index is 0.685. The Morgan fingerprint density at radius 1 is 1.38 bits per heavy atom. The largest absolute Gasteiger partial charge is 0.331 e. The molecule has 1 fully saturated rings. The van der Waals surface area contributed by atoms with Crippen molar-refractivity contribution in [1.82, 2.24) is 14.5 Å². The van der Waals surface area contributed by atoms with Crippen LogP contribution in [-0.2, 0) is 6.54 Å². The third kappa shape index (κ3) is 3.02. The van der Waals surface area contributed by atoms with E-state index in [1.807, 2.05) is 18.2 Å². The monoisotopic (exact) mass is 300 g/mol. The van der Waals surface area contributed by atoms with E-state index in [1.54, 1.807) is 0 Å². The first-order valence-corrected chi connectivity index (χ1v) is 7.89. The minimum Gasteiger partial charge on any atom is -0.331 e. The minimum atomic E-state index is 0.685. The van der Waals surface area contributed by atoms with Crippen LogP contribution in [0.3, 0.4) is 0 Å². The average molecular weight is 300 g/mol. The van der Waals surface area contributed by atoms with Crippen LogP contribution in [0.5, 0.6) is 0 Å². The second-order valence-corrected chi connectivity index (χ2v) is 6.35. The average Bonchev–Trinajstić information content (AvgIpc) is 2.81. The lowest BCUT2D eigenvalue weighted by atomic mass is 9.94. The zero-order valence-corrected chi connectivity index (χ0v) is 13.1. The molecule has 0 spiro atoms. The third-order valence-corrected chi connectivity index (χ3v) is 4.83. The first-order chi connectivity index (χ1) is 10.2. The smallest absolute Gasteiger partial charge is 0.178 e. The SMILES string of the molecule is CN1CCC(CCn2c(=S)[nH]c3ccc(C#N)cc32)CC1. The van der Waals surface area contributed by atoms with Crippen LogP contribution in [0.25, 0.3) is 11.0 Å². The highest BCUT2D eigenvalue weighted by atomic mass is 32.1. The highest BCUT2D eigenvalue weighted by Gasteiger charge is 2.17. The molecule has 0 radical (unpaired) electrons. The molecule has 0 amide bonds. The molecule has 110 valence electrons. The number of likely N-dealkylation sites (tertiary alicyclic amines) is 1. The Labute approximate surface area is 130 Å². The fraction of sp³-hybridized carbons (Fsp3) is 0.500. The van der Waals surface area contributed by atoms with Crippen LogP contribution in [0.1, 0.15) is 24.8 Å². The van der Waals surface area contributed by atoms with Gasteiger partial charge in [-0.2, -0.15) is 5.26 Å². The summed E-state index contributed by atoms with van der Waals surface area (Å²) < 4.78 is 2.90. The van der Waals surface area contributed by atoms with E-state index in [9.17, 15) is 0 Å². The fourth-order valence-corrected chi connectivity index (χ4v) is 3.41. The lowest BCUT2D eigenvalue weighted by molar-refractivity contribution is 0.208. The normalized spacial score (nSPS) is 17.1. The summed E-state index contributed by atoms with van der Waals surface area (Å²) >= 11 is 5.43. The second-order valence-electron chi connectivity index (χ2n) is 5.96. The summed E-state index contributed by atoms with van der Waals surface area (Å²) in [4.78, 5) is 5.63. The zero-order chi connectivity index (χ0) is 14.8. The standard InChI is InChI=1S/C16H20N4S/c1-19-7-4-12(5-8-19)6-9-20-15-10-13(11-17)2-3-14(15)18-16(20)21/h2-3,10,12H,4-9H2,1H3,(H,18,21). The topological polar surface area (TPSA) is 47.8 Å². The van der Waals surface area contributed by atoms with E-state index in [4.69, 9.17) is 17.5 Å². The molecule has 2 aromatic rings. The number of H-pyrrole nitrogens is 1. The number of rotatable bonds is 3. The highest BCUT2D eigenvalue weighted by molar-refractivity contribution is 7.71. The zero-order valence-electron chi connectivity index (χ0n) is 12.3. The first-order valence-electron chi connectivity index (χ1n) is 7.48. The van der Waals surface area contributed by atoms with E-state index in [1.165, 1.54) is 25.9 Å². The van der Waals surface area contributed by atoms with Crippen molar-refractivity contribution in [3.8, 4) is 6.07 Å². The number of imidazole rings is 1. The Bertz CT molecular complexity index is 729. The molecule has 0 aliphatic carbocycles. The quantitative estimate of drug-likeness (QED) is 0.885. The van der Waals surface area contributed by atoms with Crippen molar-refractivity contribution in [2.45, 2.75) is 25.8 Å². The molecule has 21 heavy (non-hydrogen) atoms. The summed E-state index contributed by atoms with van der Waals surface area (Å²) in [5, 5.41) is 9.05. The summed E-state index contributed by atoms with van der Waals surface area (Å²) in [6, 6.07) is 7.89. The summed E-state index contributed by atoms with van der Waals surface area (Å²) in [5.74, 6) is 0.784. The van der Waals surface area contributed by atoms with Gasteiger partial charge in [0.1, 0.15) is 0 Å². The number of hydrogen-bond donors (Lipinski definition) is 1. The number of nitriles is 1. The van der Waals surface area contributed by atoms with E-state index < -0.39 is 0 Å². The molecule has 1 aliphatic heterocycles. The number of aryl methyl sites for hydroxylation is 1. The molecule has 2 heterocycles. The molecule has 1 saturated heterocycles. The van der Waals surface area contributed by atoms with Crippen LogP contribution in [0, 0.1) is 22.0 Å². The Morgan fingerprint density at radius 3 is 2.86 bits per heavy atom. The van der Waals surface area contributed by atoms with Crippen LogP contribution in [0.15, 0.2) is 18.2 Å². The van der Waals surface area contributed by atoms with Crippen molar-refractivity contribution in [3.63, 3.8) is 0 Å². The fourth-order valence-electron chi connectivity index (χ4n) is 3.11. The first kappa shape index (κ1) is 14.3. The third-order valence-electron chi connectivity index (χ3n) is 4.50. The molecule has 0 bridgehead atoms. The number of nitrogens with one attached hydrogen (secondary N) is 1. The molecule has 1 aromatic heterocycles. The Kier molecular flexibility index (Phi) is 4.09. The summed E-state index contributed by atoms with van der Waals surface area (Å²) in [6.07, 6.45) is 3.71. The van der Waals surface area contributed by atoms with E-state index in [0.29, 0.717) is 5.56 Å². The maximum absolute atomic E-state index is 9.05. The van der Waals surface area contributed by atoms with Gasteiger partial charge in [0.15, 0.2) is 4.77 Å². The van der Waals surface area contributed by atoms with Crippen molar-refractivity contribution in [3.05, 3.63) is 28.5 Å². The number of fused-ring (bicyclic) bond motifs is 1. The van der Waals surface area contributed by atoms with Crippen LogP contribution in [0.2, 0.25) is 0 Å². The van der Waals surface area contributed by atoms with Gasteiger partial charge in [-0.15, -0.1) is 0 Å². The van der Waals surface area contributed by atoms with Gasteiger partial charge in [0.25, 0.3) is 0 Å². The summed E-state index contributed by atoms with van der Waals surface area (Å²) in [7, 11) is 2.19. The maximum atomic E-state index is 9.05. The molecule has 1 aromatic carbocycles. The predicted octanol–water partition coefficient (Wildman–Crippen LogP) is 3.30. The Hall–Kier alpha value is -1.64. The van der Waals surface area contributed by atoms with Gasteiger partial charge in [0.05, 0.1) is 22.7 Å². The molecule has 0 atom stereocenters. The summed E-state index contributed by atoms with van der Waals surface area (Å²) in [5.41, 5.74) is 2.75. The number of aromatic nitrogens is 2. The van der Waals surface area contributed by atoms with E-state index in [2.05, 4.69) is 27.6 Å². The highest BCUT2D eigenvalue weighted by Crippen LogP contribution is 2.22. The van der Waals surface area contributed by atoms with Gasteiger partial charge in [-0.1, -0.05) is 0 Å². The molecular formula is C16H20N4S. The molecule has 1 N–H and O–H groups in total. The molecule has 1 aliphatic rings. The van der Waals surface area contributed by atoms with E-state index in [-0.39, 0.29) is 0 Å². The van der Waals surface area contributed by atoms with Gasteiger partial charge in [-0.25, -0.2) is 0 Å². The maximum Gasteiger partial charge on any atom is 0.178 e. The van der Waals surface area contributed by atoms with Gasteiger partial charge in [0, 0.05) is 6.54 Å². The number of benzene rings is 1. The summed E-state index contributed by atoms with van der Waals surface area (Å²) in [6.45, 7) is 3.33. The number of aromatic amines is 1. The van der Waals surface area contributed by atoms with E-state index in [0.717, 1.165) is 34.7 Å². The van der Waals surface area contributed by atoms with Crippen molar-refractivity contribution >= 4 is 23.3 Å². The van der Waals surface area contributed by atoms with Crippen LogP contribution in [0.4, 0.5) is 0 Å². The lowest BCUT2D eigenvalue weighted by Crippen LogP contribution is -2.30. The number of hydrogen-bond acceptors (Lipinski definition) is 3. The Morgan fingerprint density at radius 2 is 2.14 bits per heavy atom. The number of piperidine rings is 1. The van der Waals surface area contributed by atoms with Crippen molar-refractivity contribution in [2.75, 3.05) is 20.1 Å². The van der Waals surface area contributed by atoms with Gasteiger partial charge >= 0.3 is 0 Å². The molecule has 5 heteroatoms. The molecule has 4 nitrogen and oxygen atoms in total. The predicted molar refractivity (Wildman–Crippen MR) is 86.7 cm³/mol. The molecule has 3 rings (SSSR count). The van der Waals surface area contributed by atoms with Gasteiger partial charge in [-0.3, -0.25) is 0 Å². The molecule has 0 saturated carbocycles. The van der Waals surface area contributed by atoms with Gasteiger partial charge in [0.2, 0.25) is 0 Å². The lowest BCUT2D eigenvalue weighted by Gasteiger charge is -2.28. The van der Waals surface area contributed by atoms with Crippen molar-refractivity contribution in [1.29, 1.82) is 5.26 Å². The van der Waals surface area contributed by atoms with Crippen molar-refractivity contribution < 1.29 is 0 Å². The van der Waals surface area contributed by atoms with Crippen LogP contribution < -0.4 is 0 Å².